The van der Waals surface area contributed by atoms with E-state index in [9.17, 15) is 0 Å². The first-order chi connectivity index (χ1) is 7.84. The number of rotatable bonds is 2. The molecule has 1 aliphatic heterocycles. The molecular weight excluding hydrogens is 198 g/mol. The maximum absolute atomic E-state index is 4.42. The quantitative estimate of drug-likeness (QED) is 0.828. The zero-order chi connectivity index (χ0) is 11.0. The number of aromatic nitrogens is 2. The lowest BCUT2D eigenvalue weighted by atomic mass is 10.1. The fourth-order valence-electron chi connectivity index (χ4n) is 2.65. The van der Waals surface area contributed by atoms with Crippen LogP contribution in [-0.2, 0) is 13.5 Å². The van der Waals surface area contributed by atoms with Crippen molar-refractivity contribution in [1.82, 2.24) is 14.9 Å². The van der Waals surface area contributed by atoms with Crippen molar-refractivity contribution in [2.24, 2.45) is 7.05 Å². The highest BCUT2D eigenvalue weighted by Crippen LogP contribution is 2.21. The first-order valence-corrected chi connectivity index (χ1v) is 5.97. The summed E-state index contributed by atoms with van der Waals surface area (Å²) in [5.74, 6) is 0. The number of fused-ring (bicyclic) bond motifs is 1. The van der Waals surface area contributed by atoms with Gasteiger partial charge >= 0.3 is 0 Å². The average molecular weight is 215 g/mol. The molecule has 3 heteroatoms. The second-order valence-corrected chi connectivity index (χ2v) is 4.64. The topological polar surface area (TPSA) is 29.9 Å². The molecule has 1 saturated heterocycles. The van der Waals surface area contributed by atoms with E-state index in [1.54, 1.807) is 0 Å². The van der Waals surface area contributed by atoms with E-state index in [0.717, 1.165) is 12.1 Å². The van der Waals surface area contributed by atoms with Crippen molar-refractivity contribution in [3.63, 3.8) is 0 Å². The van der Waals surface area contributed by atoms with Crippen LogP contribution in [0, 0.1) is 0 Å². The van der Waals surface area contributed by atoms with Crippen LogP contribution in [0.2, 0.25) is 0 Å². The molecule has 1 atom stereocenters. The Morgan fingerprint density at radius 1 is 1.56 bits per heavy atom. The zero-order valence-electron chi connectivity index (χ0n) is 9.61. The van der Waals surface area contributed by atoms with Crippen molar-refractivity contribution in [2.75, 3.05) is 6.54 Å². The summed E-state index contributed by atoms with van der Waals surface area (Å²) in [6.07, 6.45) is 7.82. The Balaban J connectivity index is 1.96. The van der Waals surface area contributed by atoms with E-state index in [-0.39, 0.29) is 0 Å². The molecule has 2 aromatic heterocycles. The van der Waals surface area contributed by atoms with Gasteiger partial charge in [-0.25, -0.2) is 4.98 Å². The second kappa shape index (κ2) is 3.91. The Morgan fingerprint density at radius 2 is 2.50 bits per heavy atom. The van der Waals surface area contributed by atoms with Crippen LogP contribution in [0.25, 0.3) is 11.0 Å². The minimum absolute atomic E-state index is 0.658. The highest BCUT2D eigenvalue weighted by molar-refractivity contribution is 5.80. The van der Waals surface area contributed by atoms with Gasteiger partial charge in [-0.3, -0.25) is 0 Å². The molecule has 0 radical (unpaired) electrons. The van der Waals surface area contributed by atoms with Crippen molar-refractivity contribution in [3.05, 3.63) is 30.1 Å². The van der Waals surface area contributed by atoms with E-state index < -0.39 is 0 Å². The molecule has 0 bridgehead atoms. The minimum Gasteiger partial charge on any atom is -0.335 e. The van der Waals surface area contributed by atoms with Crippen LogP contribution in [0.1, 0.15) is 18.4 Å². The lowest BCUT2D eigenvalue weighted by Gasteiger charge is -2.08. The van der Waals surface area contributed by atoms with E-state index in [4.69, 9.17) is 0 Å². The molecule has 3 nitrogen and oxygen atoms in total. The van der Waals surface area contributed by atoms with Gasteiger partial charge in [0.2, 0.25) is 0 Å². The average Bonchev–Trinajstić information content (AvgIpc) is 2.90. The van der Waals surface area contributed by atoms with Crippen molar-refractivity contribution in [3.8, 4) is 0 Å². The number of hydrogen-bond donors (Lipinski definition) is 1. The SMILES string of the molecule is Cn1cc(CC2CCCN2)c2cccnc21. The Kier molecular flexibility index (Phi) is 2.40. The van der Waals surface area contributed by atoms with Crippen LogP contribution >= 0.6 is 0 Å². The zero-order valence-corrected chi connectivity index (χ0v) is 9.61. The molecule has 3 rings (SSSR count). The third-order valence-corrected chi connectivity index (χ3v) is 3.44. The summed E-state index contributed by atoms with van der Waals surface area (Å²) in [7, 11) is 2.07. The van der Waals surface area contributed by atoms with E-state index in [0.29, 0.717) is 6.04 Å². The van der Waals surface area contributed by atoms with Crippen LogP contribution in [0.4, 0.5) is 0 Å². The van der Waals surface area contributed by atoms with Gasteiger partial charge in [-0.2, -0.15) is 0 Å². The summed E-state index contributed by atoms with van der Waals surface area (Å²) < 4.78 is 2.12. The number of nitrogens with zero attached hydrogens (tertiary/aromatic N) is 2. The van der Waals surface area contributed by atoms with Crippen molar-refractivity contribution in [1.29, 1.82) is 0 Å². The first kappa shape index (κ1) is 9.85. The van der Waals surface area contributed by atoms with Crippen LogP contribution in [0.3, 0.4) is 0 Å². The molecule has 0 aromatic carbocycles. The number of aryl methyl sites for hydroxylation is 1. The van der Waals surface area contributed by atoms with Crippen LogP contribution < -0.4 is 5.32 Å². The maximum atomic E-state index is 4.42. The summed E-state index contributed by atoms with van der Waals surface area (Å²) in [6, 6.07) is 4.85. The lowest BCUT2D eigenvalue weighted by Crippen LogP contribution is -2.23. The van der Waals surface area contributed by atoms with Gasteiger partial charge in [0, 0.05) is 30.9 Å². The maximum Gasteiger partial charge on any atom is 0.139 e. The summed E-state index contributed by atoms with van der Waals surface area (Å²) in [6.45, 7) is 1.17. The van der Waals surface area contributed by atoms with Gasteiger partial charge in [0.25, 0.3) is 0 Å². The molecular formula is C13H17N3. The summed E-state index contributed by atoms with van der Waals surface area (Å²) in [5.41, 5.74) is 2.51. The Bertz CT molecular complexity index is 495. The third-order valence-electron chi connectivity index (χ3n) is 3.44. The number of pyridine rings is 1. The molecule has 1 N–H and O–H groups in total. The molecule has 3 heterocycles. The van der Waals surface area contributed by atoms with Gasteiger partial charge in [0.1, 0.15) is 5.65 Å². The van der Waals surface area contributed by atoms with Gasteiger partial charge < -0.3 is 9.88 Å². The van der Waals surface area contributed by atoms with Crippen molar-refractivity contribution >= 4 is 11.0 Å². The molecule has 1 fully saturated rings. The van der Waals surface area contributed by atoms with Crippen LogP contribution in [0.5, 0.6) is 0 Å². The van der Waals surface area contributed by atoms with E-state index >= 15 is 0 Å². The third kappa shape index (κ3) is 1.61. The standard InChI is InChI=1S/C13H17N3/c1-16-9-10(8-11-4-2-6-14-11)12-5-3-7-15-13(12)16/h3,5,7,9,11,14H,2,4,6,8H2,1H3. The number of hydrogen-bond acceptors (Lipinski definition) is 2. The lowest BCUT2D eigenvalue weighted by molar-refractivity contribution is 0.604. The Hall–Kier alpha value is -1.35. The molecule has 1 aliphatic rings. The minimum atomic E-state index is 0.658. The molecule has 84 valence electrons. The molecule has 0 spiro atoms. The normalized spacial score (nSPS) is 20.7. The van der Waals surface area contributed by atoms with Crippen molar-refractivity contribution < 1.29 is 0 Å². The molecule has 0 saturated carbocycles. The molecule has 2 aromatic rings. The van der Waals surface area contributed by atoms with E-state index in [2.05, 4.69) is 34.2 Å². The predicted octanol–water partition coefficient (Wildman–Crippen LogP) is 1.87. The summed E-state index contributed by atoms with van der Waals surface area (Å²) >= 11 is 0. The summed E-state index contributed by atoms with van der Waals surface area (Å²) in [4.78, 5) is 4.42. The monoisotopic (exact) mass is 215 g/mol. The van der Waals surface area contributed by atoms with Crippen LogP contribution in [0.15, 0.2) is 24.5 Å². The number of nitrogens with one attached hydrogen (secondary N) is 1. The molecule has 1 unspecified atom stereocenters. The van der Waals surface area contributed by atoms with Gasteiger partial charge in [0.05, 0.1) is 0 Å². The molecule has 0 aliphatic carbocycles. The first-order valence-electron chi connectivity index (χ1n) is 5.97. The van der Waals surface area contributed by atoms with Crippen molar-refractivity contribution in [2.45, 2.75) is 25.3 Å². The second-order valence-electron chi connectivity index (χ2n) is 4.64. The van der Waals surface area contributed by atoms with E-state index in [1.807, 2.05) is 12.3 Å². The van der Waals surface area contributed by atoms with Gasteiger partial charge in [-0.05, 0) is 43.5 Å². The Labute approximate surface area is 95.5 Å². The fraction of sp³-hybridized carbons (Fsp3) is 0.462. The van der Waals surface area contributed by atoms with E-state index in [1.165, 1.54) is 30.3 Å². The molecule has 0 amide bonds. The fourth-order valence-corrected chi connectivity index (χ4v) is 2.65. The predicted molar refractivity (Wildman–Crippen MR) is 65.4 cm³/mol. The van der Waals surface area contributed by atoms with Crippen LogP contribution in [-0.4, -0.2) is 22.1 Å². The van der Waals surface area contributed by atoms with Gasteiger partial charge in [-0.15, -0.1) is 0 Å². The summed E-state index contributed by atoms with van der Waals surface area (Å²) in [5, 5.41) is 4.85. The smallest absolute Gasteiger partial charge is 0.139 e. The molecule has 16 heavy (non-hydrogen) atoms. The van der Waals surface area contributed by atoms with Gasteiger partial charge in [0.15, 0.2) is 0 Å². The largest absolute Gasteiger partial charge is 0.335 e. The highest BCUT2D eigenvalue weighted by atomic mass is 15.0. The Morgan fingerprint density at radius 3 is 3.31 bits per heavy atom. The van der Waals surface area contributed by atoms with Gasteiger partial charge in [-0.1, -0.05) is 0 Å². The highest BCUT2D eigenvalue weighted by Gasteiger charge is 2.17.